The topological polar surface area (TPSA) is 42.7 Å². The molecule has 0 N–H and O–H groups in total. The molecule has 1 heterocycles. The molecule has 156 valence electrons. The molecule has 1 unspecified atom stereocenters. The van der Waals surface area contributed by atoms with E-state index in [1.54, 1.807) is 18.2 Å². The number of nitrogens with zero attached hydrogens (tertiary/aromatic N) is 1. The van der Waals surface area contributed by atoms with Gasteiger partial charge in [-0.15, -0.1) is 0 Å². The first-order chi connectivity index (χ1) is 15.1. The molecule has 0 saturated heterocycles. The van der Waals surface area contributed by atoms with Crippen LogP contribution in [0.2, 0.25) is 0 Å². The molecular formula is C27H25NO3. The molecule has 31 heavy (non-hydrogen) atoms. The second-order valence-corrected chi connectivity index (χ2v) is 8.26. The molecule has 1 aliphatic carbocycles. The zero-order valence-electron chi connectivity index (χ0n) is 17.7. The van der Waals surface area contributed by atoms with Crippen LogP contribution in [0.4, 0.5) is 4.79 Å². The summed E-state index contributed by atoms with van der Waals surface area (Å²) in [6, 6.07) is 24.9. The van der Waals surface area contributed by atoms with Crippen LogP contribution in [0.3, 0.4) is 0 Å². The maximum Gasteiger partial charge on any atom is 0.409 e. The third kappa shape index (κ3) is 3.59. The van der Waals surface area contributed by atoms with Crippen molar-refractivity contribution in [2.45, 2.75) is 25.3 Å². The maximum atomic E-state index is 12.8. The number of hydrogen-bond acceptors (Lipinski definition) is 3. The molecule has 3 aromatic carbocycles. The van der Waals surface area contributed by atoms with E-state index in [4.69, 9.17) is 9.15 Å². The Morgan fingerprint density at radius 1 is 1.00 bits per heavy atom. The molecule has 0 fully saturated rings. The van der Waals surface area contributed by atoms with E-state index in [0.717, 1.165) is 17.4 Å². The zero-order valence-corrected chi connectivity index (χ0v) is 17.7. The number of amides is 1. The van der Waals surface area contributed by atoms with Crippen molar-refractivity contribution in [3.05, 3.63) is 95.7 Å². The molecule has 0 radical (unpaired) electrons. The van der Waals surface area contributed by atoms with Crippen molar-refractivity contribution in [1.82, 2.24) is 4.90 Å². The van der Waals surface area contributed by atoms with Crippen molar-refractivity contribution in [3.63, 3.8) is 0 Å². The molecular weight excluding hydrogens is 386 g/mol. The fourth-order valence-corrected chi connectivity index (χ4v) is 4.50. The highest BCUT2D eigenvalue weighted by molar-refractivity contribution is 5.79. The summed E-state index contributed by atoms with van der Waals surface area (Å²) in [5, 5.41) is 1.08. The van der Waals surface area contributed by atoms with Crippen molar-refractivity contribution in [1.29, 1.82) is 0 Å². The number of carbonyl (C=O) groups is 1. The lowest BCUT2D eigenvalue weighted by Gasteiger charge is -2.25. The fourth-order valence-electron chi connectivity index (χ4n) is 4.50. The van der Waals surface area contributed by atoms with Gasteiger partial charge in [0.2, 0.25) is 0 Å². The standard InChI is InChI=1S/C27H25NO3/c1-18(15-19-11-12-26-20(16-19)13-14-30-26)28(2)27(29)31-17-25-23-9-5-3-7-21(23)22-8-4-6-10-24(22)25/h3-14,16,18,25H,15,17H2,1-2H3. The van der Waals surface area contributed by atoms with Gasteiger partial charge in [0.05, 0.1) is 6.26 Å². The first kappa shape index (κ1) is 19.4. The van der Waals surface area contributed by atoms with Crippen LogP contribution in [0.25, 0.3) is 22.1 Å². The summed E-state index contributed by atoms with van der Waals surface area (Å²) >= 11 is 0. The minimum atomic E-state index is -0.293. The van der Waals surface area contributed by atoms with Gasteiger partial charge in [-0.2, -0.15) is 0 Å². The molecule has 4 heteroatoms. The quantitative estimate of drug-likeness (QED) is 0.390. The summed E-state index contributed by atoms with van der Waals surface area (Å²) in [6.07, 6.45) is 2.15. The first-order valence-corrected chi connectivity index (χ1v) is 10.7. The van der Waals surface area contributed by atoms with E-state index in [0.29, 0.717) is 6.61 Å². The summed E-state index contributed by atoms with van der Waals surface area (Å²) in [6.45, 7) is 2.38. The van der Waals surface area contributed by atoms with Crippen LogP contribution < -0.4 is 0 Å². The number of furan rings is 1. The van der Waals surface area contributed by atoms with Crippen LogP contribution >= 0.6 is 0 Å². The van der Waals surface area contributed by atoms with E-state index in [9.17, 15) is 4.79 Å². The van der Waals surface area contributed by atoms with Gasteiger partial charge in [0.15, 0.2) is 0 Å². The Hall–Kier alpha value is -3.53. The molecule has 1 atom stereocenters. The number of ether oxygens (including phenoxy) is 1. The minimum Gasteiger partial charge on any atom is -0.464 e. The monoisotopic (exact) mass is 411 g/mol. The highest BCUT2D eigenvalue weighted by atomic mass is 16.6. The molecule has 0 aliphatic heterocycles. The molecule has 1 aromatic heterocycles. The van der Waals surface area contributed by atoms with Crippen LogP contribution in [0.15, 0.2) is 83.5 Å². The Kier molecular flexibility index (Phi) is 4.99. The van der Waals surface area contributed by atoms with Crippen molar-refractivity contribution < 1.29 is 13.9 Å². The molecule has 1 aliphatic rings. The van der Waals surface area contributed by atoms with Crippen LogP contribution in [-0.4, -0.2) is 30.7 Å². The van der Waals surface area contributed by atoms with Crippen LogP contribution in [-0.2, 0) is 11.2 Å². The number of likely N-dealkylation sites (N-methyl/N-ethyl adjacent to an activating group) is 1. The van der Waals surface area contributed by atoms with Gasteiger partial charge in [-0.25, -0.2) is 4.79 Å². The number of benzene rings is 3. The molecule has 0 saturated carbocycles. The lowest BCUT2D eigenvalue weighted by molar-refractivity contribution is 0.0970. The number of carbonyl (C=O) groups excluding carboxylic acids is 1. The van der Waals surface area contributed by atoms with Gasteiger partial charge in [0, 0.05) is 24.4 Å². The van der Waals surface area contributed by atoms with E-state index in [-0.39, 0.29) is 18.1 Å². The van der Waals surface area contributed by atoms with E-state index >= 15 is 0 Å². The van der Waals surface area contributed by atoms with Gasteiger partial charge < -0.3 is 14.1 Å². The van der Waals surface area contributed by atoms with E-state index in [2.05, 4.69) is 42.5 Å². The Bertz CT molecular complexity index is 1200. The normalized spacial score (nSPS) is 13.6. The summed E-state index contributed by atoms with van der Waals surface area (Å²) < 4.78 is 11.2. The summed E-state index contributed by atoms with van der Waals surface area (Å²) in [5.41, 5.74) is 6.95. The number of fused-ring (bicyclic) bond motifs is 4. The Morgan fingerprint density at radius 3 is 2.39 bits per heavy atom. The summed E-state index contributed by atoms with van der Waals surface area (Å²) in [5.74, 6) is 0.0727. The largest absolute Gasteiger partial charge is 0.464 e. The predicted molar refractivity (Wildman–Crippen MR) is 122 cm³/mol. The maximum absolute atomic E-state index is 12.8. The first-order valence-electron chi connectivity index (χ1n) is 10.7. The van der Waals surface area contributed by atoms with Crippen LogP contribution in [0.1, 0.15) is 29.5 Å². The van der Waals surface area contributed by atoms with Gasteiger partial charge in [0.1, 0.15) is 12.2 Å². The molecule has 5 rings (SSSR count). The average Bonchev–Trinajstić information content (AvgIpc) is 3.39. The SMILES string of the molecule is CC(Cc1ccc2occc2c1)N(C)C(=O)OCC1c2ccccc2-c2ccccc21. The third-order valence-corrected chi connectivity index (χ3v) is 6.33. The molecule has 4 nitrogen and oxygen atoms in total. The van der Waals surface area contributed by atoms with Crippen molar-refractivity contribution >= 4 is 17.1 Å². The number of rotatable bonds is 5. The predicted octanol–water partition coefficient (Wildman–Crippen LogP) is 6.24. The van der Waals surface area contributed by atoms with Crippen molar-refractivity contribution in [3.8, 4) is 11.1 Å². The smallest absolute Gasteiger partial charge is 0.409 e. The average molecular weight is 412 g/mol. The Morgan fingerprint density at radius 2 is 1.68 bits per heavy atom. The van der Waals surface area contributed by atoms with Crippen LogP contribution in [0.5, 0.6) is 0 Å². The fraction of sp³-hybridized carbons (Fsp3) is 0.222. The minimum absolute atomic E-state index is 0.0139. The molecule has 0 spiro atoms. The highest BCUT2D eigenvalue weighted by Gasteiger charge is 2.29. The Labute approximate surface area is 182 Å². The highest BCUT2D eigenvalue weighted by Crippen LogP contribution is 2.44. The zero-order chi connectivity index (χ0) is 21.4. The van der Waals surface area contributed by atoms with Gasteiger partial charge in [-0.3, -0.25) is 0 Å². The van der Waals surface area contributed by atoms with E-state index in [1.807, 2.05) is 37.3 Å². The van der Waals surface area contributed by atoms with E-state index in [1.165, 1.54) is 27.8 Å². The van der Waals surface area contributed by atoms with Crippen molar-refractivity contribution in [2.24, 2.45) is 0 Å². The van der Waals surface area contributed by atoms with Gasteiger partial charge in [-0.05, 0) is 59.4 Å². The van der Waals surface area contributed by atoms with Gasteiger partial charge >= 0.3 is 6.09 Å². The van der Waals surface area contributed by atoms with Gasteiger partial charge in [-0.1, -0.05) is 54.6 Å². The lowest BCUT2D eigenvalue weighted by Crippen LogP contribution is -2.37. The number of hydrogen-bond donors (Lipinski definition) is 0. The third-order valence-electron chi connectivity index (χ3n) is 6.33. The molecule has 0 bridgehead atoms. The van der Waals surface area contributed by atoms with Gasteiger partial charge in [0.25, 0.3) is 0 Å². The molecule has 1 amide bonds. The Balaban J connectivity index is 1.26. The second-order valence-electron chi connectivity index (χ2n) is 8.26. The second kappa shape index (κ2) is 7.95. The van der Waals surface area contributed by atoms with Crippen LogP contribution in [0, 0.1) is 0 Å². The lowest BCUT2D eigenvalue weighted by atomic mass is 9.98. The summed E-state index contributed by atoms with van der Waals surface area (Å²) in [7, 11) is 1.81. The van der Waals surface area contributed by atoms with E-state index < -0.39 is 0 Å². The summed E-state index contributed by atoms with van der Waals surface area (Å²) in [4.78, 5) is 14.5. The molecule has 4 aromatic rings. The van der Waals surface area contributed by atoms with Crippen molar-refractivity contribution in [2.75, 3.05) is 13.7 Å².